The molecule has 1 aliphatic heterocycles. The van der Waals surface area contributed by atoms with Crippen LogP contribution in [0.1, 0.15) is 39.1 Å². The minimum Gasteiger partial charge on any atom is -0.369 e. The number of aryl methyl sites for hydroxylation is 1. The van der Waals surface area contributed by atoms with Crippen molar-refractivity contribution in [3.63, 3.8) is 0 Å². The number of nitrogens with one attached hydrogen (secondary N) is 1. The van der Waals surface area contributed by atoms with E-state index in [0.29, 0.717) is 5.92 Å². The summed E-state index contributed by atoms with van der Waals surface area (Å²) in [4.78, 5) is 11.2. The normalized spacial score (nSPS) is 12.6. The Morgan fingerprint density at radius 1 is 1.28 bits per heavy atom. The lowest BCUT2D eigenvalue weighted by atomic mass is 10.2. The Morgan fingerprint density at radius 2 is 1.94 bits per heavy atom. The average molecular weight is 250 g/mol. The highest BCUT2D eigenvalue weighted by atomic mass is 15.2. The summed E-state index contributed by atoms with van der Waals surface area (Å²) in [5, 5.41) is 3.31. The number of aromatic nitrogens is 2. The third-order valence-electron chi connectivity index (χ3n) is 2.77. The van der Waals surface area contributed by atoms with Gasteiger partial charge in [0.05, 0.1) is 0 Å². The van der Waals surface area contributed by atoms with Crippen LogP contribution in [0.25, 0.3) is 0 Å². The summed E-state index contributed by atoms with van der Waals surface area (Å²) < 4.78 is 0. The van der Waals surface area contributed by atoms with Gasteiger partial charge in [0.1, 0.15) is 17.5 Å². The molecule has 4 nitrogen and oxygen atoms in total. The van der Waals surface area contributed by atoms with Crippen molar-refractivity contribution in [3.8, 4) is 0 Å². The molecule has 4 heteroatoms. The lowest BCUT2D eigenvalue weighted by Gasteiger charge is -2.22. The number of hydrogen-bond donors (Lipinski definition) is 1. The zero-order chi connectivity index (χ0) is 13.7. The molecule has 0 saturated heterocycles. The van der Waals surface area contributed by atoms with E-state index in [1.54, 1.807) is 0 Å². The van der Waals surface area contributed by atoms with Crippen LogP contribution in [0, 0.1) is 12.8 Å². The summed E-state index contributed by atoms with van der Waals surface area (Å²) in [5.41, 5.74) is 1.27. The number of anilines is 2. The second-order valence-electron chi connectivity index (χ2n) is 4.87. The quantitative estimate of drug-likeness (QED) is 0.895. The van der Waals surface area contributed by atoms with Crippen LogP contribution in [0.5, 0.6) is 0 Å². The first-order chi connectivity index (χ1) is 8.58. The molecule has 0 fully saturated rings. The number of hydrogen-bond acceptors (Lipinski definition) is 4. The summed E-state index contributed by atoms with van der Waals surface area (Å²) in [6.07, 6.45) is 1.04. The van der Waals surface area contributed by atoms with E-state index in [2.05, 4.69) is 41.1 Å². The molecular formula is C14H26N4. The highest BCUT2D eigenvalue weighted by molar-refractivity contribution is 5.62. The van der Waals surface area contributed by atoms with Gasteiger partial charge in [0.25, 0.3) is 0 Å². The first kappa shape index (κ1) is 14.7. The first-order valence-corrected chi connectivity index (χ1v) is 6.90. The minimum atomic E-state index is 0.644. The topological polar surface area (TPSA) is 41.1 Å². The summed E-state index contributed by atoms with van der Waals surface area (Å²) in [5.74, 6) is 3.61. The zero-order valence-electron chi connectivity index (χ0n) is 12.5. The van der Waals surface area contributed by atoms with Gasteiger partial charge >= 0.3 is 0 Å². The molecule has 102 valence electrons. The molecule has 0 aromatic carbocycles. The van der Waals surface area contributed by atoms with E-state index in [1.165, 1.54) is 5.56 Å². The van der Waals surface area contributed by atoms with Crippen molar-refractivity contribution in [3.05, 3.63) is 11.4 Å². The number of nitrogens with zero attached hydrogens (tertiary/aromatic N) is 3. The zero-order valence-corrected chi connectivity index (χ0v) is 12.5. The van der Waals surface area contributed by atoms with Crippen molar-refractivity contribution in [2.45, 2.75) is 41.0 Å². The van der Waals surface area contributed by atoms with Gasteiger partial charge in [-0.25, -0.2) is 9.97 Å². The Labute approximate surface area is 111 Å². The fourth-order valence-corrected chi connectivity index (χ4v) is 2.21. The molecule has 0 radical (unpaired) electrons. The molecule has 1 aromatic rings. The van der Waals surface area contributed by atoms with Gasteiger partial charge in [0.15, 0.2) is 0 Å². The smallest absolute Gasteiger partial charge is 0.137 e. The van der Waals surface area contributed by atoms with Crippen LogP contribution in [-0.2, 0) is 6.42 Å². The highest BCUT2D eigenvalue weighted by Crippen LogP contribution is 2.28. The molecule has 0 bridgehead atoms. The minimum absolute atomic E-state index is 0.644. The van der Waals surface area contributed by atoms with E-state index in [1.807, 2.05) is 20.8 Å². The molecule has 1 aromatic heterocycles. The predicted molar refractivity (Wildman–Crippen MR) is 78.4 cm³/mol. The molecule has 1 N–H and O–H groups in total. The lowest BCUT2D eigenvalue weighted by molar-refractivity contribution is 0.632. The SMILES string of the molecule is CC.Cc1nc2c(c(N(C)CC(C)C)n1)CCN2. The van der Waals surface area contributed by atoms with Crippen LogP contribution in [0.3, 0.4) is 0 Å². The monoisotopic (exact) mass is 250 g/mol. The molecule has 1 aliphatic rings. The maximum atomic E-state index is 4.57. The van der Waals surface area contributed by atoms with Gasteiger partial charge in [0, 0.05) is 25.7 Å². The molecule has 0 spiro atoms. The number of fused-ring (bicyclic) bond motifs is 1. The molecule has 2 rings (SSSR count). The number of rotatable bonds is 3. The van der Waals surface area contributed by atoms with Crippen LogP contribution in [0.2, 0.25) is 0 Å². The molecule has 2 heterocycles. The van der Waals surface area contributed by atoms with Crippen LogP contribution in [0.4, 0.5) is 11.6 Å². The Balaban J connectivity index is 0.000000771. The predicted octanol–water partition coefficient (Wildman–Crippen LogP) is 2.87. The van der Waals surface area contributed by atoms with Crippen LogP contribution in [0.15, 0.2) is 0 Å². The molecule has 0 amide bonds. The van der Waals surface area contributed by atoms with Crippen molar-refractivity contribution in [1.29, 1.82) is 0 Å². The largest absolute Gasteiger partial charge is 0.369 e. The van der Waals surface area contributed by atoms with Gasteiger partial charge in [-0.05, 0) is 19.3 Å². The first-order valence-electron chi connectivity index (χ1n) is 6.90. The van der Waals surface area contributed by atoms with Gasteiger partial charge in [0.2, 0.25) is 0 Å². The maximum Gasteiger partial charge on any atom is 0.137 e. The Morgan fingerprint density at radius 3 is 2.56 bits per heavy atom. The van der Waals surface area contributed by atoms with Crippen LogP contribution < -0.4 is 10.2 Å². The fourth-order valence-electron chi connectivity index (χ4n) is 2.21. The second-order valence-corrected chi connectivity index (χ2v) is 4.87. The van der Waals surface area contributed by atoms with E-state index >= 15 is 0 Å². The van der Waals surface area contributed by atoms with Crippen molar-refractivity contribution < 1.29 is 0 Å². The van der Waals surface area contributed by atoms with Crippen molar-refractivity contribution in [2.24, 2.45) is 5.92 Å². The molecule has 0 atom stereocenters. The third-order valence-corrected chi connectivity index (χ3v) is 2.77. The van der Waals surface area contributed by atoms with Crippen molar-refractivity contribution in [2.75, 3.05) is 30.4 Å². The van der Waals surface area contributed by atoms with E-state index in [0.717, 1.165) is 37.0 Å². The maximum absolute atomic E-state index is 4.57. The van der Waals surface area contributed by atoms with Crippen LogP contribution in [-0.4, -0.2) is 30.1 Å². The van der Waals surface area contributed by atoms with Crippen molar-refractivity contribution in [1.82, 2.24) is 9.97 Å². The Kier molecular flexibility index (Phi) is 5.38. The van der Waals surface area contributed by atoms with E-state index < -0.39 is 0 Å². The molecule has 0 unspecified atom stereocenters. The third kappa shape index (κ3) is 3.34. The molecule has 0 aliphatic carbocycles. The van der Waals surface area contributed by atoms with E-state index in [-0.39, 0.29) is 0 Å². The van der Waals surface area contributed by atoms with Crippen LogP contribution >= 0.6 is 0 Å². The Hall–Kier alpha value is -1.32. The fraction of sp³-hybridized carbons (Fsp3) is 0.714. The van der Waals surface area contributed by atoms with Gasteiger partial charge in [-0.3, -0.25) is 0 Å². The van der Waals surface area contributed by atoms with E-state index in [4.69, 9.17) is 0 Å². The average Bonchev–Trinajstić information content (AvgIpc) is 2.77. The summed E-state index contributed by atoms with van der Waals surface area (Å²) in [7, 11) is 2.11. The van der Waals surface area contributed by atoms with E-state index in [9.17, 15) is 0 Å². The Bertz CT molecular complexity index is 388. The molecular weight excluding hydrogens is 224 g/mol. The van der Waals surface area contributed by atoms with Gasteiger partial charge in [-0.2, -0.15) is 0 Å². The van der Waals surface area contributed by atoms with Crippen molar-refractivity contribution >= 4 is 11.6 Å². The summed E-state index contributed by atoms with van der Waals surface area (Å²) in [6, 6.07) is 0. The van der Waals surface area contributed by atoms with Gasteiger partial charge in [-0.1, -0.05) is 27.7 Å². The highest BCUT2D eigenvalue weighted by Gasteiger charge is 2.20. The lowest BCUT2D eigenvalue weighted by Crippen LogP contribution is -2.25. The van der Waals surface area contributed by atoms with Gasteiger partial charge < -0.3 is 10.2 Å². The van der Waals surface area contributed by atoms with Gasteiger partial charge in [-0.15, -0.1) is 0 Å². The summed E-state index contributed by atoms with van der Waals surface area (Å²) in [6.45, 7) is 12.4. The second kappa shape index (κ2) is 6.57. The summed E-state index contributed by atoms with van der Waals surface area (Å²) >= 11 is 0. The standard InChI is InChI=1S/C12H20N4.C2H6/c1-8(2)7-16(4)12-10-5-6-13-11(10)14-9(3)15-12;1-2/h8H,5-7H2,1-4H3,(H,13,14,15);1-2H3. The molecule has 18 heavy (non-hydrogen) atoms. The molecule has 0 saturated carbocycles.